The van der Waals surface area contributed by atoms with Crippen LogP contribution in [0.5, 0.6) is 0 Å². The summed E-state index contributed by atoms with van der Waals surface area (Å²) in [5.74, 6) is 0. The molecule has 0 spiro atoms. The van der Waals surface area contributed by atoms with Crippen LogP contribution in [-0.4, -0.2) is 16.4 Å². The van der Waals surface area contributed by atoms with E-state index in [4.69, 9.17) is 19.4 Å². The second-order valence-corrected chi connectivity index (χ2v) is 3.38. The first-order valence-electron chi connectivity index (χ1n) is 4.96. The third kappa shape index (κ3) is 2.36. The number of carbonyl (C=O) groups is 1. The van der Waals surface area contributed by atoms with Crippen LogP contribution in [0.25, 0.3) is 21.9 Å². The molecule has 0 atom stereocenters. The SMILES string of the molecule is O=C(O)O.c1ccc2c(c1)oc1ccccc12. The Morgan fingerprint density at radius 2 is 1.18 bits per heavy atom. The van der Waals surface area contributed by atoms with Crippen LogP contribution in [0.15, 0.2) is 52.9 Å². The van der Waals surface area contributed by atoms with E-state index in [1.165, 1.54) is 10.8 Å². The van der Waals surface area contributed by atoms with Gasteiger partial charge in [-0.25, -0.2) is 4.79 Å². The molecular weight excluding hydrogens is 220 g/mol. The summed E-state index contributed by atoms with van der Waals surface area (Å²) in [6, 6.07) is 16.2. The minimum atomic E-state index is -1.83. The zero-order valence-electron chi connectivity index (χ0n) is 8.83. The van der Waals surface area contributed by atoms with Gasteiger partial charge in [-0.15, -0.1) is 0 Å². The number of benzene rings is 2. The van der Waals surface area contributed by atoms with Crippen molar-refractivity contribution in [2.24, 2.45) is 0 Å². The summed E-state index contributed by atoms with van der Waals surface area (Å²) < 4.78 is 5.65. The number of fused-ring (bicyclic) bond motifs is 3. The first kappa shape index (κ1) is 11.0. The predicted octanol–water partition coefficient (Wildman–Crippen LogP) is 3.81. The molecule has 1 aromatic heterocycles. The first-order valence-corrected chi connectivity index (χ1v) is 4.96. The average molecular weight is 230 g/mol. The molecule has 0 aliphatic heterocycles. The molecule has 4 heteroatoms. The minimum absolute atomic E-state index is 0.962. The Morgan fingerprint density at radius 1 is 0.824 bits per heavy atom. The molecule has 0 aliphatic carbocycles. The standard InChI is InChI=1S/C12H8O.CH2O3/c1-3-7-11-9(5-1)10-6-2-4-8-12(10)13-11;2-1(3)4/h1-8H;(H2,2,3,4). The number of carboxylic acid groups (broad SMARTS) is 2. The van der Waals surface area contributed by atoms with Crippen molar-refractivity contribution in [2.75, 3.05) is 0 Å². The average Bonchev–Trinajstić information content (AvgIpc) is 2.66. The van der Waals surface area contributed by atoms with Gasteiger partial charge in [-0.1, -0.05) is 36.4 Å². The predicted molar refractivity (Wildman–Crippen MR) is 64.4 cm³/mol. The highest BCUT2D eigenvalue weighted by molar-refractivity contribution is 6.04. The lowest BCUT2D eigenvalue weighted by Gasteiger charge is -1.85. The highest BCUT2D eigenvalue weighted by atomic mass is 16.6. The van der Waals surface area contributed by atoms with Crippen molar-refractivity contribution in [2.45, 2.75) is 0 Å². The lowest BCUT2D eigenvalue weighted by Crippen LogP contribution is -1.81. The van der Waals surface area contributed by atoms with Crippen LogP contribution in [0.4, 0.5) is 4.79 Å². The van der Waals surface area contributed by atoms with Gasteiger partial charge in [0.15, 0.2) is 0 Å². The molecule has 2 aromatic carbocycles. The molecule has 0 bridgehead atoms. The van der Waals surface area contributed by atoms with Crippen molar-refractivity contribution in [1.82, 2.24) is 0 Å². The van der Waals surface area contributed by atoms with Crippen molar-refractivity contribution in [3.05, 3.63) is 48.5 Å². The fourth-order valence-electron chi connectivity index (χ4n) is 1.67. The Kier molecular flexibility index (Phi) is 2.96. The number of furan rings is 1. The van der Waals surface area contributed by atoms with Gasteiger partial charge in [-0.2, -0.15) is 0 Å². The maximum absolute atomic E-state index is 8.56. The van der Waals surface area contributed by atoms with Gasteiger partial charge in [0.25, 0.3) is 0 Å². The second kappa shape index (κ2) is 4.57. The maximum Gasteiger partial charge on any atom is 0.503 e. The van der Waals surface area contributed by atoms with Crippen molar-refractivity contribution >= 4 is 28.1 Å². The Morgan fingerprint density at radius 3 is 1.59 bits per heavy atom. The fraction of sp³-hybridized carbons (Fsp3) is 0. The Hall–Kier alpha value is -2.49. The highest BCUT2D eigenvalue weighted by Gasteiger charge is 2.03. The molecule has 3 rings (SSSR count). The highest BCUT2D eigenvalue weighted by Crippen LogP contribution is 2.27. The van der Waals surface area contributed by atoms with Gasteiger partial charge in [0.05, 0.1) is 0 Å². The first-order chi connectivity index (χ1) is 8.18. The van der Waals surface area contributed by atoms with Crippen LogP contribution < -0.4 is 0 Å². The van der Waals surface area contributed by atoms with E-state index in [2.05, 4.69) is 12.1 Å². The van der Waals surface area contributed by atoms with Gasteiger partial charge in [0.1, 0.15) is 11.2 Å². The number of rotatable bonds is 0. The van der Waals surface area contributed by atoms with Gasteiger partial charge in [0, 0.05) is 10.8 Å². The van der Waals surface area contributed by atoms with Crippen LogP contribution in [-0.2, 0) is 0 Å². The van der Waals surface area contributed by atoms with E-state index < -0.39 is 6.16 Å². The summed E-state index contributed by atoms with van der Waals surface area (Å²) in [6.45, 7) is 0. The lowest BCUT2D eigenvalue weighted by molar-refractivity contribution is 0.137. The van der Waals surface area contributed by atoms with Gasteiger partial charge in [-0.05, 0) is 12.1 Å². The molecule has 0 amide bonds. The Balaban J connectivity index is 0.000000239. The van der Waals surface area contributed by atoms with Crippen LogP contribution in [0.3, 0.4) is 0 Å². The lowest BCUT2D eigenvalue weighted by atomic mass is 10.2. The third-order valence-corrected chi connectivity index (χ3v) is 2.28. The third-order valence-electron chi connectivity index (χ3n) is 2.28. The second-order valence-electron chi connectivity index (χ2n) is 3.38. The van der Waals surface area contributed by atoms with E-state index >= 15 is 0 Å². The van der Waals surface area contributed by atoms with Crippen LogP contribution in [0.2, 0.25) is 0 Å². The topological polar surface area (TPSA) is 70.7 Å². The summed E-state index contributed by atoms with van der Waals surface area (Å²) in [5, 5.41) is 16.3. The molecule has 0 saturated carbocycles. The smallest absolute Gasteiger partial charge is 0.456 e. The molecule has 4 nitrogen and oxygen atoms in total. The zero-order valence-corrected chi connectivity index (χ0v) is 8.83. The molecule has 86 valence electrons. The quantitative estimate of drug-likeness (QED) is 0.616. The molecule has 0 saturated heterocycles. The molecule has 1 heterocycles. The molecule has 0 aliphatic rings. The summed E-state index contributed by atoms with van der Waals surface area (Å²) >= 11 is 0. The largest absolute Gasteiger partial charge is 0.503 e. The molecular formula is C13H10O4. The number of hydrogen-bond acceptors (Lipinski definition) is 2. The monoisotopic (exact) mass is 230 g/mol. The molecule has 0 fully saturated rings. The number of para-hydroxylation sites is 2. The summed E-state index contributed by atoms with van der Waals surface area (Å²) in [6.07, 6.45) is -1.83. The van der Waals surface area contributed by atoms with Gasteiger partial charge >= 0.3 is 6.16 Å². The molecule has 17 heavy (non-hydrogen) atoms. The Labute approximate surface area is 96.7 Å². The Bertz CT molecular complexity index is 600. The molecule has 2 N–H and O–H groups in total. The number of hydrogen-bond donors (Lipinski definition) is 2. The summed E-state index contributed by atoms with van der Waals surface area (Å²) in [7, 11) is 0. The normalized spacial score (nSPS) is 9.88. The van der Waals surface area contributed by atoms with Gasteiger partial charge in [0.2, 0.25) is 0 Å². The van der Waals surface area contributed by atoms with E-state index in [9.17, 15) is 0 Å². The van der Waals surface area contributed by atoms with Crippen molar-refractivity contribution in [3.63, 3.8) is 0 Å². The van der Waals surface area contributed by atoms with E-state index in [0.29, 0.717) is 0 Å². The van der Waals surface area contributed by atoms with E-state index in [1.54, 1.807) is 0 Å². The summed E-state index contributed by atoms with van der Waals surface area (Å²) in [5.41, 5.74) is 1.92. The molecule has 3 aromatic rings. The van der Waals surface area contributed by atoms with E-state index in [1.807, 2.05) is 36.4 Å². The van der Waals surface area contributed by atoms with E-state index in [0.717, 1.165) is 11.2 Å². The van der Waals surface area contributed by atoms with Gasteiger partial charge < -0.3 is 14.6 Å². The van der Waals surface area contributed by atoms with E-state index in [-0.39, 0.29) is 0 Å². The van der Waals surface area contributed by atoms with Crippen LogP contribution in [0.1, 0.15) is 0 Å². The summed E-state index contributed by atoms with van der Waals surface area (Å²) in [4.78, 5) is 8.56. The van der Waals surface area contributed by atoms with Gasteiger partial charge in [-0.3, -0.25) is 0 Å². The van der Waals surface area contributed by atoms with Crippen LogP contribution in [0, 0.1) is 0 Å². The zero-order chi connectivity index (χ0) is 12.3. The maximum atomic E-state index is 8.56. The molecule has 0 radical (unpaired) electrons. The van der Waals surface area contributed by atoms with Crippen molar-refractivity contribution in [3.8, 4) is 0 Å². The molecule has 0 unspecified atom stereocenters. The van der Waals surface area contributed by atoms with Crippen molar-refractivity contribution in [1.29, 1.82) is 0 Å². The minimum Gasteiger partial charge on any atom is -0.456 e. The van der Waals surface area contributed by atoms with Crippen molar-refractivity contribution < 1.29 is 19.4 Å². The fourth-order valence-corrected chi connectivity index (χ4v) is 1.67. The van der Waals surface area contributed by atoms with Crippen LogP contribution >= 0.6 is 0 Å².